The van der Waals surface area contributed by atoms with Gasteiger partial charge in [0, 0.05) is 22.7 Å². The van der Waals surface area contributed by atoms with Crippen molar-refractivity contribution >= 4 is 29.1 Å². The molecule has 128 valence electrons. The Kier molecular flexibility index (Phi) is 5.47. The van der Waals surface area contributed by atoms with Gasteiger partial charge in [-0.05, 0) is 40.3 Å². The van der Waals surface area contributed by atoms with E-state index in [2.05, 4.69) is 20.8 Å². The number of ether oxygens (including phenoxy) is 1. The molecule has 0 aliphatic carbocycles. The van der Waals surface area contributed by atoms with Gasteiger partial charge in [-0.2, -0.15) is 0 Å². The molecular formula is C16H13Cl2N5O2. The standard InChI is InChI=1S/C16H13Cl2N5O2/c17-12-5-4-11(15(18)6-12)8-19-16(24)9-25-14-3-1-2-13(7-14)23-10-20-21-22-23/h1-7,10H,8-9H2,(H,19,24). The minimum Gasteiger partial charge on any atom is -0.484 e. The van der Waals surface area contributed by atoms with Crippen LogP contribution in [0.4, 0.5) is 0 Å². The monoisotopic (exact) mass is 377 g/mol. The van der Waals surface area contributed by atoms with E-state index in [4.69, 9.17) is 27.9 Å². The first-order valence-corrected chi connectivity index (χ1v) is 8.04. The van der Waals surface area contributed by atoms with Crippen molar-refractivity contribution in [3.8, 4) is 11.4 Å². The smallest absolute Gasteiger partial charge is 0.258 e. The summed E-state index contributed by atoms with van der Waals surface area (Å²) in [5.41, 5.74) is 1.51. The van der Waals surface area contributed by atoms with E-state index in [0.29, 0.717) is 22.3 Å². The molecule has 3 aromatic rings. The van der Waals surface area contributed by atoms with E-state index in [1.165, 1.54) is 11.0 Å². The molecule has 1 aromatic heterocycles. The second kappa shape index (κ2) is 7.96. The highest BCUT2D eigenvalue weighted by molar-refractivity contribution is 6.35. The fourth-order valence-corrected chi connectivity index (χ4v) is 2.53. The molecule has 0 saturated heterocycles. The fourth-order valence-electron chi connectivity index (χ4n) is 2.05. The fraction of sp³-hybridized carbons (Fsp3) is 0.125. The van der Waals surface area contributed by atoms with Crippen LogP contribution in [0.2, 0.25) is 10.0 Å². The molecular weight excluding hydrogens is 365 g/mol. The number of nitrogens with zero attached hydrogens (tertiary/aromatic N) is 4. The van der Waals surface area contributed by atoms with E-state index in [0.717, 1.165) is 11.3 Å². The molecule has 0 fully saturated rings. The maximum atomic E-state index is 11.9. The van der Waals surface area contributed by atoms with E-state index in [1.54, 1.807) is 36.4 Å². The van der Waals surface area contributed by atoms with Crippen LogP contribution >= 0.6 is 23.2 Å². The predicted octanol–water partition coefficient (Wildman–Crippen LogP) is 2.66. The maximum absolute atomic E-state index is 11.9. The van der Waals surface area contributed by atoms with E-state index in [-0.39, 0.29) is 12.5 Å². The van der Waals surface area contributed by atoms with Crippen molar-refractivity contribution in [3.63, 3.8) is 0 Å². The number of hydrogen-bond donors (Lipinski definition) is 1. The lowest BCUT2D eigenvalue weighted by Crippen LogP contribution is -2.28. The molecule has 25 heavy (non-hydrogen) atoms. The lowest BCUT2D eigenvalue weighted by atomic mass is 10.2. The summed E-state index contributed by atoms with van der Waals surface area (Å²) in [4.78, 5) is 11.9. The maximum Gasteiger partial charge on any atom is 0.258 e. The van der Waals surface area contributed by atoms with Gasteiger partial charge in [-0.3, -0.25) is 4.79 Å². The van der Waals surface area contributed by atoms with Crippen LogP contribution in [0, 0.1) is 0 Å². The number of carbonyl (C=O) groups is 1. The number of halogens is 2. The first-order chi connectivity index (χ1) is 12.1. The summed E-state index contributed by atoms with van der Waals surface area (Å²) in [5.74, 6) is 0.270. The van der Waals surface area contributed by atoms with Gasteiger partial charge in [0.1, 0.15) is 12.1 Å². The van der Waals surface area contributed by atoms with Crippen molar-refractivity contribution in [2.45, 2.75) is 6.54 Å². The number of hydrogen-bond acceptors (Lipinski definition) is 5. The van der Waals surface area contributed by atoms with E-state index < -0.39 is 0 Å². The average molecular weight is 378 g/mol. The topological polar surface area (TPSA) is 81.9 Å². The van der Waals surface area contributed by atoms with Gasteiger partial charge in [-0.1, -0.05) is 35.3 Å². The molecule has 9 heteroatoms. The van der Waals surface area contributed by atoms with Crippen molar-refractivity contribution in [1.29, 1.82) is 0 Å². The predicted molar refractivity (Wildman–Crippen MR) is 93.0 cm³/mol. The third kappa shape index (κ3) is 4.68. The van der Waals surface area contributed by atoms with Gasteiger partial charge in [0.25, 0.3) is 5.91 Å². The molecule has 0 saturated carbocycles. The Labute approximate surface area is 153 Å². The zero-order chi connectivity index (χ0) is 17.6. The summed E-state index contributed by atoms with van der Waals surface area (Å²) >= 11 is 11.9. The number of rotatable bonds is 6. The molecule has 0 radical (unpaired) electrons. The van der Waals surface area contributed by atoms with Crippen molar-refractivity contribution in [3.05, 3.63) is 64.4 Å². The summed E-state index contributed by atoms with van der Waals surface area (Å²) in [6.45, 7) is 0.174. The third-order valence-corrected chi connectivity index (χ3v) is 3.88. The normalized spacial score (nSPS) is 10.5. The van der Waals surface area contributed by atoms with Gasteiger partial charge in [0.2, 0.25) is 0 Å². The summed E-state index contributed by atoms with van der Waals surface area (Å²) in [6.07, 6.45) is 1.47. The van der Waals surface area contributed by atoms with Gasteiger partial charge in [0.05, 0.1) is 5.69 Å². The number of nitrogens with one attached hydrogen (secondary N) is 1. The number of aromatic nitrogens is 4. The molecule has 0 atom stereocenters. The first kappa shape index (κ1) is 17.2. The van der Waals surface area contributed by atoms with Crippen LogP contribution in [-0.2, 0) is 11.3 Å². The Balaban J connectivity index is 1.53. The molecule has 7 nitrogen and oxygen atoms in total. The van der Waals surface area contributed by atoms with Crippen LogP contribution < -0.4 is 10.1 Å². The Hall–Kier alpha value is -2.64. The van der Waals surface area contributed by atoms with Crippen molar-refractivity contribution in [1.82, 2.24) is 25.5 Å². The number of benzene rings is 2. The number of tetrazole rings is 1. The summed E-state index contributed by atoms with van der Waals surface area (Å²) in [7, 11) is 0. The second-order valence-corrected chi connectivity index (χ2v) is 5.90. The van der Waals surface area contributed by atoms with Gasteiger partial charge >= 0.3 is 0 Å². The highest BCUT2D eigenvalue weighted by atomic mass is 35.5. The van der Waals surface area contributed by atoms with Crippen molar-refractivity contribution in [2.75, 3.05) is 6.61 Å². The molecule has 1 amide bonds. The molecule has 0 bridgehead atoms. The Morgan fingerprint density at radius 3 is 2.84 bits per heavy atom. The molecule has 2 aromatic carbocycles. The lowest BCUT2D eigenvalue weighted by Gasteiger charge is -2.09. The quantitative estimate of drug-likeness (QED) is 0.713. The zero-order valence-electron chi connectivity index (χ0n) is 12.9. The van der Waals surface area contributed by atoms with Crippen LogP contribution in [0.1, 0.15) is 5.56 Å². The van der Waals surface area contributed by atoms with E-state index in [1.807, 2.05) is 6.07 Å². The summed E-state index contributed by atoms with van der Waals surface area (Å²) < 4.78 is 6.99. The molecule has 0 unspecified atom stereocenters. The van der Waals surface area contributed by atoms with Gasteiger partial charge in [-0.25, -0.2) is 4.68 Å². The van der Waals surface area contributed by atoms with Crippen LogP contribution in [0.25, 0.3) is 5.69 Å². The van der Waals surface area contributed by atoms with Crippen LogP contribution in [0.3, 0.4) is 0 Å². The molecule has 0 spiro atoms. The Morgan fingerprint density at radius 2 is 2.08 bits per heavy atom. The molecule has 1 N–H and O–H groups in total. The van der Waals surface area contributed by atoms with Crippen molar-refractivity contribution in [2.24, 2.45) is 0 Å². The summed E-state index contributed by atoms with van der Waals surface area (Å²) in [5, 5.41) is 14.7. The van der Waals surface area contributed by atoms with Crippen LogP contribution in [0.5, 0.6) is 5.75 Å². The minimum absolute atomic E-state index is 0.121. The van der Waals surface area contributed by atoms with E-state index >= 15 is 0 Å². The van der Waals surface area contributed by atoms with E-state index in [9.17, 15) is 4.79 Å². The minimum atomic E-state index is -0.265. The van der Waals surface area contributed by atoms with Crippen LogP contribution in [0.15, 0.2) is 48.8 Å². The zero-order valence-corrected chi connectivity index (χ0v) is 14.4. The molecule has 1 heterocycles. The molecule has 0 aliphatic heterocycles. The largest absolute Gasteiger partial charge is 0.484 e. The highest BCUT2D eigenvalue weighted by Gasteiger charge is 2.07. The Morgan fingerprint density at radius 1 is 1.20 bits per heavy atom. The number of amides is 1. The van der Waals surface area contributed by atoms with Crippen molar-refractivity contribution < 1.29 is 9.53 Å². The number of carbonyl (C=O) groups excluding carboxylic acids is 1. The lowest BCUT2D eigenvalue weighted by molar-refractivity contribution is -0.123. The third-order valence-electron chi connectivity index (χ3n) is 3.29. The molecule has 0 aliphatic rings. The second-order valence-electron chi connectivity index (χ2n) is 5.05. The van der Waals surface area contributed by atoms with Gasteiger partial charge in [-0.15, -0.1) is 5.10 Å². The van der Waals surface area contributed by atoms with Crippen LogP contribution in [-0.4, -0.2) is 32.7 Å². The Bertz CT molecular complexity index is 871. The molecule has 3 rings (SSSR count). The average Bonchev–Trinajstić information content (AvgIpc) is 3.14. The summed E-state index contributed by atoms with van der Waals surface area (Å²) in [6, 6.07) is 12.2. The SMILES string of the molecule is O=C(COc1cccc(-n2cnnn2)c1)NCc1ccc(Cl)cc1Cl. The van der Waals surface area contributed by atoms with Gasteiger partial charge in [0.15, 0.2) is 6.61 Å². The highest BCUT2D eigenvalue weighted by Crippen LogP contribution is 2.20. The van der Waals surface area contributed by atoms with Gasteiger partial charge < -0.3 is 10.1 Å². The first-order valence-electron chi connectivity index (χ1n) is 7.28.